The quantitative estimate of drug-likeness (QED) is 0.784. The summed E-state index contributed by atoms with van der Waals surface area (Å²) in [5, 5.41) is 0. The fourth-order valence-corrected chi connectivity index (χ4v) is 3.14. The zero-order valence-corrected chi connectivity index (χ0v) is 13.6. The monoisotopic (exact) mass is 389 g/mol. The molecular formula is C12H9BrFN3O2S2. The van der Waals surface area contributed by atoms with Crippen molar-refractivity contribution in [3.8, 4) is 0 Å². The molecule has 0 radical (unpaired) electrons. The lowest BCUT2D eigenvalue weighted by Gasteiger charge is -2.12. The van der Waals surface area contributed by atoms with Crippen LogP contribution in [0.3, 0.4) is 0 Å². The topological polar surface area (TPSA) is 85.1 Å². The Morgan fingerprint density at radius 1 is 1.33 bits per heavy atom. The molecule has 0 saturated heterocycles. The van der Waals surface area contributed by atoms with Crippen molar-refractivity contribution in [3.05, 3.63) is 52.5 Å². The van der Waals surface area contributed by atoms with Crippen molar-refractivity contribution < 1.29 is 12.8 Å². The van der Waals surface area contributed by atoms with E-state index in [1.807, 2.05) is 0 Å². The maximum Gasteiger partial charge on any atom is 0.263 e. The lowest BCUT2D eigenvalue weighted by Crippen LogP contribution is -2.18. The number of aromatic nitrogens is 1. The van der Waals surface area contributed by atoms with Crippen molar-refractivity contribution in [2.75, 3.05) is 4.72 Å². The van der Waals surface area contributed by atoms with E-state index < -0.39 is 15.8 Å². The van der Waals surface area contributed by atoms with Gasteiger partial charge in [-0.1, -0.05) is 28.1 Å². The van der Waals surface area contributed by atoms with Gasteiger partial charge in [-0.15, -0.1) is 0 Å². The van der Waals surface area contributed by atoms with E-state index in [-0.39, 0.29) is 15.6 Å². The molecule has 0 saturated carbocycles. The first-order valence-electron chi connectivity index (χ1n) is 5.52. The number of anilines is 1. The molecule has 0 fully saturated rings. The van der Waals surface area contributed by atoms with Gasteiger partial charge >= 0.3 is 0 Å². The van der Waals surface area contributed by atoms with Crippen molar-refractivity contribution in [3.63, 3.8) is 0 Å². The van der Waals surface area contributed by atoms with Gasteiger partial charge in [0.05, 0.1) is 11.9 Å². The van der Waals surface area contributed by atoms with Crippen LogP contribution in [0, 0.1) is 5.82 Å². The molecule has 21 heavy (non-hydrogen) atoms. The van der Waals surface area contributed by atoms with Gasteiger partial charge in [-0.25, -0.2) is 12.8 Å². The highest BCUT2D eigenvalue weighted by atomic mass is 79.9. The van der Waals surface area contributed by atoms with Crippen LogP contribution in [0.15, 0.2) is 46.0 Å². The highest BCUT2D eigenvalue weighted by molar-refractivity contribution is 9.10. The number of nitrogens with zero attached hydrogens (tertiary/aromatic N) is 1. The number of benzene rings is 1. The zero-order valence-electron chi connectivity index (χ0n) is 10.4. The van der Waals surface area contributed by atoms with Gasteiger partial charge < -0.3 is 5.73 Å². The average Bonchev–Trinajstić information content (AvgIpc) is 2.38. The first-order chi connectivity index (χ1) is 9.79. The molecule has 1 aromatic heterocycles. The summed E-state index contributed by atoms with van der Waals surface area (Å²) < 4.78 is 40.5. The summed E-state index contributed by atoms with van der Waals surface area (Å²) in [6.45, 7) is 0. The van der Waals surface area contributed by atoms with Crippen molar-refractivity contribution >= 4 is 48.8 Å². The first-order valence-corrected chi connectivity index (χ1v) is 8.21. The minimum atomic E-state index is -4.00. The summed E-state index contributed by atoms with van der Waals surface area (Å²) in [6, 6.07) is 5.64. The smallest absolute Gasteiger partial charge is 0.263 e. The number of pyridine rings is 1. The van der Waals surface area contributed by atoms with Crippen molar-refractivity contribution in [2.45, 2.75) is 4.90 Å². The van der Waals surface area contributed by atoms with Crippen LogP contribution in [0.4, 0.5) is 10.1 Å². The van der Waals surface area contributed by atoms with E-state index in [0.29, 0.717) is 10.0 Å². The molecule has 0 aliphatic rings. The van der Waals surface area contributed by atoms with Crippen LogP contribution < -0.4 is 10.5 Å². The van der Waals surface area contributed by atoms with E-state index in [4.69, 9.17) is 18.0 Å². The van der Waals surface area contributed by atoms with E-state index in [9.17, 15) is 12.8 Å². The van der Waals surface area contributed by atoms with Crippen LogP contribution >= 0.6 is 28.1 Å². The Balaban J connectivity index is 2.46. The first kappa shape index (κ1) is 15.8. The molecule has 0 spiro atoms. The molecule has 0 aliphatic heterocycles. The van der Waals surface area contributed by atoms with Crippen LogP contribution in [0.1, 0.15) is 5.56 Å². The molecule has 3 N–H and O–H groups in total. The standard InChI is InChI=1S/C12H9BrFN3O2S2/c13-7-1-2-10(12(15)20)11(3-7)17-21(18,19)9-4-8(14)5-16-6-9/h1-6,17H,(H2,15,20). The van der Waals surface area contributed by atoms with E-state index >= 15 is 0 Å². The summed E-state index contributed by atoms with van der Waals surface area (Å²) in [4.78, 5) is 3.26. The van der Waals surface area contributed by atoms with Gasteiger partial charge in [-0.05, 0) is 24.3 Å². The fourth-order valence-electron chi connectivity index (χ4n) is 1.56. The zero-order chi connectivity index (χ0) is 15.6. The maximum absolute atomic E-state index is 13.1. The fraction of sp³-hybridized carbons (Fsp3) is 0. The van der Waals surface area contributed by atoms with Gasteiger partial charge in [0.2, 0.25) is 0 Å². The second kappa shape index (κ2) is 6.04. The van der Waals surface area contributed by atoms with E-state index in [0.717, 1.165) is 18.5 Å². The molecule has 0 bridgehead atoms. The molecule has 0 atom stereocenters. The normalized spacial score (nSPS) is 11.1. The Morgan fingerprint density at radius 3 is 2.67 bits per heavy atom. The number of hydrogen-bond donors (Lipinski definition) is 2. The molecule has 0 amide bonds. The van der Waals surface area contributed by atoms with E-state index in [2.05, 4.69) is 25.6 Å². The number of thiocarbonyl (C=S) groups is 1. The maximum atomic E-state index is 13.1. The second-order valence-corrected chi connectivity index (χ2v) is 7.04. The SMILES string of the molecule is NC(=S)c1ccc(Br)cc1NS(=O)(=O)c1cncc(F)c1. The summed E-state index contributed by atoms with van der Waals surface area (Å²) >= 11 is 8.10. The molecule has 0 unspecified atom stereocenters. The Labute approximate surface area is 134 Å². The molecule has 0 aliphatic carbocycles. The predicted molar refractivity (Wildman–Crippen MR) is 85.0 cm³/mol. The van der Waals surface area contributed by atoms with Crippen LogP contribution in [-0.4, -0.2) is 18.4 Å². The number of nitrogens with two attached hydrogens (primary N) is 1. The van der Waals surface area contributed by atoms with Gasteiger partial charge in [0.1, 0.15) is 15.7 Å². The number of halogens is 2. The van der Waals surface area contributed by atoms with Crippen LogP contribution in [0.25, 0.3) is 0 Å². The third kappa shape index (κ3) is 3.74. The second-order valence-electron chi connectivity index (χ2n) is 4.00. The molecule has 9 heteroatoms. The largest absolute Gasteiger partial charge is 0.389 e. The van der Waals surface area contributed by atoms with E-state index in [1.165, 1.54) is 6.07 Å². The summed E-state index contributed by atoms with van der Waals surface area (Å²) in [5.41, 5.74) is 6.11. The number of rotatable bonds is 4. The Bertz CT molecular complexity index is 812. The van der Waals surface area contributed by atoms with Crippen molar-refractivity contribution in [1.82, 2.24) is 4.98 Å². The van der Waals surface area contributed by atoms with Crippen molar-refractivity contribution in [1.29, 1.82) is 0 Å². The molecule has 5 nitrogen and oxygen atoms in total. The minimum Gasteiger partial charge on any atom is -0.389 e. The third-order valence-electron chi connectivity index (χ3n) is 2.48. The number of hydrogen-bond acceptors (Lipinski definition) is 4. The molecule has 2 rings (SSSR count). The highest BCUT2D eigenvalue weighted by Crippen LogP contribution is 2.24. The van der Waals surface area contributed by atoms with Crippen molar-refractivity contribution in [2.24, 2.45) is 5.73 Å². The molecule has 1 heterocycles. The molecular weight excluding hydrogens is 381 g/mol. The number of nitrogens with one attached hydrogen (secondary N) is 1. The molecule has 110 valence electrons. The summed E-state index contributed by atoms with van der Waals surface area (Å²) in [7, 11) is -4.00. The average molecular weight is 390 g/mol. The van der Waals surface area contributed by atoms with Gasteiger partial charge in [-0.2, -0.15) is 0 Å². The minimum absolute atomic E-state index is 0.0394. The van der Waals surface area contributed by atoms with Gasteiger partial charge in [-0.3, -0.25) is 9.71 Å². The summed E-state index contributed by atoms with van der Waals surface area (Å²) in [5.74, 6) is -0.748. The van der Waals surface area contributed by atoms with Crippen LogP contribution in [0.5, 0.6) is 0 Å². The van der Waals surface area contributed by atoms with Gasteiger partial charge in [0.15, 0.2) is 0 Å². The van der Waals surface area contributed by atoms with Crippen LogP contribution in [0.2, 0.25) is 0 Å². The molecule has 2 aromatic rings. The van der Waals surface area contributed by atoms with Crippen LogP contribution in [-0.2, 0) is 10.0 Å². The lowest BCUT2D eigenvalue weighted by atomic mass is 10.2. The molecule has 1 aromatic carbocycles. The highest BCUT2D eigenvalue weighted by Gasteiger charge is 2.18. The van der Waals surface area contributed by atoms with E-state index in [1.54, 1.807) is 12.1 Å². The Morgan fingerprint density at radius 2 is 2.05 bits per heavy atom. The predicted octanol–water partition coefficient (Wildman–Crippen LogP) is 2.42. The number of sulfonamides is 1. The lowest BCUT2D eigenvalue weighted by molar-refractivity contribution is 0.592. The third-order valence-corrected chi connectivity index (χ3v) is 4.53. The Hall–Kier alpha value is -1.58. The summed E-state index contributed by atoms with van der Waals surface area (Å²) in [6.07, 6.45) is 1.96. The van der Waals surface area contributed by atoms with Gasteiger partial charge in [0.25, 0.3) is 10.0 Å². The van der Waals surface area contributed by atoms with Gasteiger partial charge in [0, 0.05) is 16.2 Å². The Kier molecular flexibility index (Phi) is 4.55.